The molecule has 0 radical (unpaired) electrons. The first-order valence-electron chi connectivity index (χ1n) is 8.14. The predicted octanol–water partition coefficient (Wildman–Crippen LogP) is 1.40. The quantitative estimate of drug-likeness (QED) is 0.906. The monoisotopic (exact) mass is 313 g/mol. The van der Waals surface area contributed by atoms with Gasteiger partial charge in [-0.3, -0.25) is 4.79 Å². The highest BCUT2D eigenvalue weighted by Gasteiger charge is 2.24. The van der Waals surface area contributed by atoms with Crippen molar-refractivity contribution in [2.24, 2.45) is 5.92 Å². The number of nitrogens with one attached hydrogen (secondary N) is 1. The maximum absolute atomic E-state index is 12.5. The summed E-state index contributed by atoms with van der Waals surface area (Å²) in [6, 6.07) is 10.0. The maximum atomic E-state index is 12.5. The van der Waals surface area contributed by atoms with Crippen LogP contribution in [0.1, 0.15) is 28.9 Å². The smallest absolute Gasteiger partial charge is 0.276 e. The van der Waals surface area contributed by atoms with Gasteiger partial charge in [-0.15, -0.1) is 5.10 Å². The first-order chi connectivity index (χ1) is 11.3. The summed E-state index contributed by atoms with van der Waals surface area (Å²) in [5, 5.41) is 11.3. The van der Waals surface area contributed by atoms with Crippen LogP contribution in [0.4, 0.5) is 0 Å². The van der Waals surface area contributed by atoms with E-state index in [-0.39, 0.29) is 5.91 Å². The number of carbonyl (C=O) groups excluding carboxylic acids is 1. The molecule has 6 nitrogen and oxygen atoms in total. The highest BCUT2D eigenvalue weighted by molar-refractivity contribution is 5.91. The van der Waals surface area contributed by atoms with Gasteiger partial charge in [-0.05, 0) is 37.9 Å². The van der Waals surface area contributed by atoms with Crippen LogP contribution in [0.5, 0.6) is 0 Å². The normalized spacial score (nSPS) is 15.8. The van der Waals surface area contributed by atoms with Crippen LogP contribution in [0.3, 0.4) is 0 Å². The molecule has 1 aromatic carbocycles. The molecule has 0 saturated carbocycles. The van der Waals surface area contributed by atoms with Crippen LogP contribution in [0.15, 0.2) is 36.5 Å². The minimum Gasteiger partial charge on any atom is -0.337 e. The lowest BCUT2D eigenvalue weighted by atomic mass is 9.97. The molecule has 2 heterocycles. The fourth-order valence-corrected chi connectivity index (χ4v) is 3.04. The van der Waals surface area contributed by atoms with Crippen molar-refractivity contribution in [2.75, 3.05) is 26.7 Å². The molecule has 23 heavy (non-hydrogen) atoms. The van der Waals surface area contributed by atoms with E-state index in [4.69, 9.17) is 0 Å². The molecule has 0 unspecified atom stereocenters. The molecule has 1 saturated heterocycles. The number of likely N-dealkylation sites (tertiary alicyclic amines) is 1. The highest BCUT2D eigenvalue weighted by atomic mass is 16.2. The van der Waals surface area contributed by atoms with E-state index in [0.717, 1.165) is 38.0 Å². The molecular formula is C17H23N5O. The zero-order valence-electron chi connectivity index (χ0n) is 13.5. The van der Waals surface area contributed by atoms with E-state index >= 15 is 0 Å². The average molecular weight is 313 g/mol. The zero-order valence-corrected chi connectivity index (χ0v) is 13.5. The van der Waals surface area contributed by atoms with Gasteiger partial charge in [0.05, 0.1) is 12.7 Å². The van der Waals surface area contributed by atoms with Crippen LogP contribution in [0, 0.1) is 5.92 Å². The minimum atomic E-state index is -0.00720. The molecule has 0 spiro atoms. The highest BCUT2D eigenvalue weighted by Crippen LogP contribution is 2.17. The third-order valence-electron chi connectivity index (χ3n) is 4.34. The van der Waals surface area contributed by atoms with Gasteiger partial charge in [0.25, 0.3) is 5.91 Å². The Bertz CT molecular complexity index is 631. The van der Waals surface area contributed by atoms with Gasteiger partial charge in [-0.1, -0.05) is 35.5 Å². The number of rotatable bonds is 5. The standard InChI is InChI=1S/C17H23N5O/c1-18-11-14-7-9-21(10-8-14)17(23)16-13-22(20-19-16)12-15-5-3-2-4-6-15/h2-6,13-14,18H,7-12H2,1H3. The number of piperidine rings is 1. The van der Waals surface area contributed by atoms with Crippen molar-refractivity contribution >= 4 is 5.91 Å². The largest absolute Gasteiger partial charge is 0.337 e. The number of benzene rings is 1. The Morgan fingerprint density at radius 1 is 1.26 bits per heavy atom. The lowest BCUT2D eigenvalue weighted by Gasteiger charge is -2.31. The van der Waals surface area contributed by atoms with Crippen LogP contribution in [0.2, 0.25) is 0 Å². The molecule has 6 heteroatoms. The van der Waals surface area contributed by atoms with Gasteiger partial charge in [0.15, 0.2) is 5.69 Å². The van der Waals surface area contributed by atoms with Gasteiger partial charge in [0, 0.05) is 13.1 Å². The van der Waals surface area contributed by atoms with Crippen molar-refractivity contribution in [2.45, 2.75) is 19.4 Å². The summed E-state index contributed by atoms with van der Waals surface area (Å²) in [7, 11) is 1.97. The Morgan fingerprint density at radius 2 is 2.00 bits per heavy atom. The Morgan fingerprint density at radius 3 is 2.70 bits per heavy atom. The van der Waals surface area contributed by atoms with Crippen molar-refractivity contribution in [1.82, 2.24) is 25.2 Å². The molecule has 122 valence electrons. The second-order valence-corrected chi connectivity index (χ2v) is 6.08. The molecule has 1 aromatic heterocycles. The van der Waals surface area contributed by atoms with Crippen molar-refractivity contribution in [3.8, 4) is 0 Å². The second-order valence-electron chi connectivity index (χ2n) is 6.08. The molecular weight excluding hydrogens is 290 g/mol. The predicted molar refractivity (Wildman–Crippen MR) is 88.1 cm³/mol. The Labute approximate surface area is 136 Å². The summed E-state index contributed by atoms with van der Waals surface area (Å²) in [6.07, 6.45) is 3.84. The summed E-state index contributed by atoms with van der Waals surface area (Å²) in [5.74, 6) is 0.657. The topological polar surface area (TPSA) is 63.1 Å². The van der Waals surface area contributed by atoms with Crippen LogP contribution in [0.25, 0.3) is 0 Å². The molecule has 0 aliphatic carbocycles. The van der Waals surface area contributed by atoms with Crippen LogP contribution in [-0.4, -0.2) is 52.5 Å². The van der Waals surface area contributed by atoms with E-state index < -0.39 is 0 Å². The molecule has 2 aromatic rings. The Balaban J connectivity index is 1.58. The van der Waals surface area contributed by atoms with Crippen LogP contribution >= 0.6 is 0 Å². The fourth-order valence-electron chi connectivity index (χ4n) is 3.04. The Hall–Kier alpha value is -2.21. The molecule has 1 aliphatic heterocycles. The number of aromatic nitrogens is 3. The lowest BCUT2D eigenvalue weighted by molar-refractivity contribution is 0.0685. The fraction of sp³-hybridized carbons (Fsp3) is 0.471. The number of amides is 1. The summed E-state index contributed by atoms with van der Waals surface area (Å²) < 4.78 is 1.72. The van der Waals surface area contributed by atoms with Crippen LogP contribution in [-0.2, 0) is 6.54 Å². The molecule has 1 N–H and O–H groups in total. The minimum absolute atomic E-state index is 0.00720. The summed E-state index contributed by atoms with van der Waals surface area (Å²) in [4.78, 5) is 14.4. The first kappa shape index (κ1) is 15.7. The molecule has 1 fully saturated rings. The summed E-state index contributed by atoms with van der Waals surface area (Å²) in [5.41, 5.74) is 1.58. The van der Waals surface area contributed by atoms with Gasteiger partial charge in [-0.2, -0.15) is 0 Å². The number of hydrogen-bond acceptors (Lipinski definition) is 4. The molecule has 1 amide bonds. The van der Waals surface area contributed by atoms with Gasteiger partial charge in [0.2, 0.25) is 0 Å². The zero-order chi connectivity index (χ0) is 16.1. The molecule has 0 atom stereocenters. The number of hydrogen-bond donors (Lipinski definition) is 1. The number of nitrogens with zero attached hydrogens (tertiary/aromatic N) is 4. The molecule has 1 aliphatic rings. The van der Waals surface area contributed by atoms with E-state index in [1.165, 1.54) is 0 Å². The van der Waals surface area contributed by atoms with Crippen molar-refractivity contribution < 1.29 is 4.79 Å². The Kier molecular flexibility index (Phi) is 5.02. The molecule has 3 rings (SSSR count). The van der Waals surface area contributed by atoms with E-state index in [9.17, 15) is 4.79 Å². The summed E-state index contributed by atoms with van der Waals surface area (Å²) >= 11 is 0. The van der Waals surface area contributed by atoms with Crippen molar-refractivity contribution in [3.63, 3.8) is 0 Å². The van der Waals surface area contributed by atoms with Crippen molar-refractivity contribution in [3.05, 3.63) is 47.8 Å². The first-order valence-corrected chi connectivity index (χ1v) is 8.14. The van der Waals surface area contributed by atoms with Gasteiger partial charge in [0.1, 0.15) is 0 Å². The van der Waals surface area contributed by atoms with E-state index in [2.05, 4.69) is 15.6 Å². The van der Waals surface area contributed by atoms with E-state index in [1.54, 1.807) is 10.9 Å². The maximum Gasteiger partial charge on any atom is 0.276 e. The third kappa shape index (κ3) is 3.96. The van der Waals surface area contributed by atoms with Crippen LogP contribution < -0.4 is 5.32 Å². The lowest BCUT2D eigenvalue weighted by Crippen LogP contribution is -2.40. The van der Waals surface area contributed by atoms with E-state index in [0.29, 0.717) is 18.2 Å². The molecule has 0 bridgehead atoms. The van der Waals surface area contributed by atoms with Gasteiger partial charge < -0.3 is 10.2 Å². The van der Waals surface area contributed by atoms with Crippen molar-refractivity contribution in [1.29, 1.82) is 0 Å². The van der Waals surface area contributed by atoms with Gasteiger partial charge >= 0.3 is 0 Å². The number of carbonyl (C=O) groups is 1. The van der Waals surface area contributed by atoms with E-state index in [1.807, 2.05) is 42.3 Å². The average Bonchev–Trinajstić information content (AvgIpc) is 3.05. The SMILES string of the molecule is CNCC1CCN(C(=O)c2cn(Cc3ccccc3)nn2)CC1. The third-order valence-corrected chi connectivity index (χ3v) is 4.34. The second kappa shape index (κ2) is 7.37. The summed E-state index contributed by atoms with van der Waals surface area (Å²) in [6.45, 7) is 3.26. The van der Waals surface area contributed by atoms with Gasteiger partial charge in [-0.25, -0.2) is 4.68 Å².